The minimum absolute atomic E-state index is 0.0431. The summed E-state index contributed by atoms with van der Waals surface area (Å²) in [5.74, 6) is 0.255. The molecule has 1 aromatic carbocycles. The van der Waals surface area contributed by atoms with Crippen LogP contribution >= 0.6 is 11.8 Å². The number of aromatic amines is 1. The summed E-state index contributed by atoms with van der Waals surface area (Å²) < 4.78 is 0. The van der Waals surface area contributed by atoms with Crippen LogP contribution in [0.5, 0.6) is 0 Å². The maximum atomic E-state index is 12.2. The Morgan fingerprint density at radius 2 is 2.00 bits per heavy atom. The number of benzene rings is 1. The highest BCUT2D eigenvalue weighted by molar-refractivity contribution is 7.99. The number of anilines is 1. The number of thioether (sulfide) groups is 1. The maximum Gasteiger partial charge on any atom is 0.234 e. The number of H-pyrrole nitrogens is 1. The predicted molar refractivity (Wildman–Crippen MR) is 93.9 cm³/mol. The average Bonchev–Trinajstić information content (AvgIpc) is 2.91. The molecule has 0 atom stereocenters. The number of amides is 1. The number of aryl methyl sites for hydroxylation is 3. The monoisotopic (exact) mass is 326 g/mol. The Labute approximate surface area is 138 Å². The zero-order valence-electron chi connectivity index (χ0n) is 13.3. The Hall–Kier alpha value is -2.34. The summed E-state index contributed by atoms with van der Waals surface area (Å²) >= 11 is 1.37. The van der Waals surface area contributed by atoms with Crippen LogP contribution in [0.1, 0.15) is 16.7 Å². The largest absolute Gasteiger partial charge is 0.332 e. The lowest BCUT2D eigenvalue weighted by atomic mass is 10.1. The lowest BCUT2D eigenvalue weighted by molar-refractivity contribution is -0.113. The second-order valence-corrected chi connectivity index (χ2v) is 6.49. The third-order valence-corrected chi connectivity index (χ3v) is 4.39. The maximum absolute atomic E-state index is 12.2. The highest BCUT2D eigenvalue weighted by atomic mass is 32.2. The zero-order chi connectivity index (χ0) is 16.4. The summed E-state index contributed by atoms with van der Waals surface area (Å²) in [6.07, 6.45) is 1.70. The van der Waals surface area contributed by atoms with E-state index in [4.69, 9.17) is 0 Å². The first-order valence-electron chi connectivity index (χ1n) is 7.34. The number of aromatic nitrogens is 3. The summed E-state index contributed by atoms with van der Waals surface area (Å²) in [6.45, 7) is 6.07. The number of carbonyl (C=O) groups is 1. The number of nitrogens with one attached hydrogen (secondary N) is 2. The first-order valence-corrected chi connectivity index (χ1v) is 8.33. The molecule has 2 N–H and O–H groups in total. The van der Waals surface area contributed by atoms with E-state index >= 15 is 0 Å². The first kappa shape index (κ1) is 15.6. The van der Waals surface area contributed by atoms with Crippen molar-refractivity contribution in [2.75, 3.05) is 11.1 Å². The van der Waals surface area contributed by atoms with Crippen molar-refractivity contribution in [2.45, 2.75) is 25.9 Å². The van der Waals surface area contributed by atoms with Gasteiger partial charge in [-0.2, -0.15) is 0 Å². The minimum atomic E-state index is -0.0431. The van der Waals surface area contributed by atoms with Gasteiger partial charge in [-0.3, -0.25) is 4.79 Å². The molecule has 5 nitrogen and oxygen atoms in total. The van der Waals surface area contributed by atoms with Crippen LogP contribution in [0.15, 0.2) is 35.6 Å². The number of pyridine rings is 1. The fraction of sp³-hybridized carbons (Fsp3) is 0.235. The molecule has 1 amide bonds. The topological polar surface area (TPSA) is 70.7 Å². The molecular formula is C17H18N4OS. The van der Waals surface area contributed by atoms with E-state index in [1.54, 1.807) is 6.20 Å². The smallest absolute Gasteiger partial charge is 0.234 e. The molecule has 0 spiro atoms. The SMILES string of the molecule is Cc1cc(C)c(NC(=O)CSc2nc3ncccc3[nH]2)c(C)c1. The lowest BCUT2D eigenvalue weighted by Crippen LogP contribution is -2.16. The van der Waals surface area contributed by atoms with E-state index < -0.39 is 0 Å². The molecule has 0 aliphatic heterocycles. The number of hydrogen-bond acceptors (Lipinski definition) is 4. The summed E-state index contributed by atoms with van der Waals surface area (Å²) in [5.41, 5.74) is 5.79. The van der Waals surface area contributed by atoms with Gasteiger partial charge in [0.2, 0.25) is 5.91 Å². The number of imidazole rings is 1. The third-order valence-electron chi connectivity index (χ3n) is 3.52. The van der Waals surface area contributed by atoms with Crippen molar-refractivity contribution in [3.8, 4) is 0 Å². The van der Waals surface area contributed by atoms with E-state index in [0.717, 1.165) is 22.3 Å². The van der Waals surface area contributed by atoms with Crippen LogP contribution in [0.3, 0.4) is 0 Å². The molecule has 0 unspecified atom stereocenters. The summed E-state index contributed by atoms with van der Waals surface area (Å²) in [6, 6.07) is 7.91. The van der Waals surface area contributed by atoms with Crippen LogP contribution < -0.4 is 5.32 Å². The zero-order valence-corrected chi connectivity index (χ0v) is 14.1. The minimum Gasteiger partial charge on any atom is -0.332 e. The molecule has 0 aliphatic rings. The van der Waals surface area contributed by atoms with Crippen LogP contribution in [0.25, 0.3) is 11.2 Å². The Kier molecular flexibility index (Phi) is 4.34. The van der Waals surface area contributed by atoms with Crippen LogP contribution in [0, 0.1) is 20.8 Å². The molecule has 6 heteroatoms. The van der Waals surface area contributed by atoms with E-state index in [-0.39, 0.29) is 5.91 Å². The highest BCUT2D eigenvalue weighted by Crippen LogP contribution is 2.23. The van der Waals surface area contributed by atoms with Crippen molar-refractivity contribution in [3.05, 3.63) is 47.2 Å². The average molecular weight is 326 g/mol. The molecule has 0 aliphatic carbocycles. The normalized spacial score (nSPS) is 10.9. The van der Waals surface area contributed by atoms with Crippen molar-refractivity contribution in [3.63, 3.8) is 0 Å². The molecule has 3 aromatic rings. The Morgan fingerprint density at radius 1 is 1.26 bits per heavy atom. The van der Waals surface area contributed by atoms with E-state index in [1.165, 1.54) is 17.3 Å². The van der Waals surface area contributed by atoms with Crippen LogP contribution in [-0.4, -0.2) is 26.6 Å². The van der Waals surface area contributed by atoms with Crippen LogP contribution in [0.2, 0.25) is 0 Å². The van der Waals surface area contributed by atoms with Crippen molar-refractivity contribution in [1.82, 2.24) is 15.0 Å². The molecule has 0 fully saturated rings. The molecule has 118 valence electrons. The van der Waals surface area contributed by atoms with E-state index in [2.05, 4.69) is 39.3 Å². The molecule has 0 bridgehead atoms. The number of carbonyl (C=O) groups excluding carboxylic acids is 1. The van der Waals surface area contributed by atoms with Gasteiger partial charge >= 0.3 is 0 Å². The highest BCUT2D eigenvalue weighted by Gasteiger charge is 2.10. The van der Waals surface area contributed by atoms with Gasteiger partial charge < -0.3 is 10.3 Å². The lowest BCUT2D eigenvalue weighted by Gasteiger charge is -2.12. The number of rotatable bonds is 4. The third kappa shape index (κ3) is 3.53. The van der Waals surface area contributed by atoms with Gasteiger partial charge in [0, 0.05) is 11.9 Å². The molecular weight excluding hydrogens is 308 g/mol. The number of hydrogen-bond donors (Lipinski definition) is 2. The molecule has 23 heavy (non-hydrogen) atoms. The number of fused-ring (bicyclic) bond motifs is 1. The molecule has 2 aromatic heterocycles. The van der Waals surface area contributed by atoms with Crippen molar-refractivity contribution in [1.29, 1.82) is 0 Å². The Morgan fingerprint density at radius 3 is 2.70 bits per heavy atom. The van der Waals surface area contributed by atoms with E-state index in [1.807, 2.05) is 26.0 Å². The summed E-state index contributed by atoms with van der Waals surface area (Å²) in [4.78, 5) is 23.9. The quantitative estimate of drug-likeness (QED) is 0.719. The molecule has 0 saturated carbocycles. The molecule has 2 heterocycles. The summed E-state index contributed by atoms with van der Waals surface area (Å²) in [5, 5.41) is 3.69. The molecule has 0 saturated heterocycles. The molecule has 3 rings (SSSR count). The van der Waals surface area contributed by atoms with Crippen molar-refractivity contribution in [2.24, 2.45) is 0 Å². The van der Waals surface area contributed by atoms with E-state index in [0.29, 0.717) is 16.6 Å². The van der Waals surface area contributed by atoms with Gasteiger partial charge in [-0.05, 0) is 44.0 Å². The first-order chi connectivity index (χ1) is 11.0. The van der Waals surface area contributed by atoms with Gasteiger partial charge in [0.25, 0.3) is 0 Å². The second kappa shape index (κ2) is 6.42. The van der Waals surface area contributed by atoms with Gasteiger partial charge in [0.05, 0.1) is 11.3 Å². The molecule has 0 radical (unpaired) electrons. The van der Waals surface area contributed by atoms with Gasteiger partial charge in [-0.1, -0.05) is 29.5 Å². The fourth-order valence-electron chi connectivity index (χ4n) is 2.58. The van der Waals surface area contributed by atoms with Gasteiger partial charge in [-0.25, -0.2) is 9.97 Å². The van der Waals surface area contributed by atoms with Crippen molar-refractivity contribution < 1.29 is 4.79 Å². The predicted octanol–water partition coefficient (Wildman–Crippen LogP) is 3.61. The second-order valence-electron chi connectivity index (χ2n) is 5.53. The van der Waals surface area contributed by atoms with Crippen LogP contribution in [-0.2, 0) is 4.79 Å². The fourth-order valence-corrected chi connectivity index (χ4v) is 3.25. The summed E-state index contributed by atoms with van der Waals surface area (Å²) in [7, 11) is 0. The van der Waals surface area contributed by atoms with Gasteiger partial charge in [0.15, 0.2) is 10.8 Å². The number of nitrogens with zero attached hydrogens (tertiary/aromatic N) is 2. The Balaban J connectivity index is 1.66. The standard InChI is InChI=1S/C17H18N4OS/c1-10-7-11(2)15(12(3)8-10)20-14(22)9-23-17-19-13-5-4-6-18-16(13)21-17/h4-8H,9H2,1-3H3,(H,20,22)(H,18,19,21). The van der Waals surface area contributed by atoms with Gasteiger partial charge in [-0.15, -0.1) is 0 Å². The van der Waals surface area contributed by atoms with Crippen molar-refractivity contribution >= 4 is 34.5 Å². The van der Waals surface area contributed by atoms with Crippen LogP contribution in [0.4, 0.5) is 5.69 Å². The van der Waals surface area contributed by atoms with E-state index in [9.17, 15) is 4.79 Å². The van der Waals surface area contributed by atoms with Gasteiger partial charge in [0.1, 0.15) is 0 Å². The Bertz CT molecular complexity index is 816.